The second-order valence-corrected chi connectivity index (χ2v) is 4.84. The molecule has 0 aromatic rings. The Morgan fingerprint density at radius 2 is 1.54 bits per heavy atom. The SMILES string of the molecule is CCC1(CC)CCN(C(C)C)CC1. The Balaban J connectivity index is 2.45. The molecular weight excluding hydrogens is 158 g/mol. The maximum Gasteiger partial charge on any atom is 0.00385 e. The summed E-state index contributed by atoms with van der Waals surface area (Å²) < 4.78 is 0. The lowest BCUT2D eigenvalue weighted by Crippen LogP contribution is -2.42. The number of hydrogen-bond acceptors (Lipinski definition) is 1. The first-order chi connectivity index (χ1) is 6.13. The third-order valence-corrected chi connectivity index (χ3v) is 4.09. The number of likely N-dealkylation sites (tertiary alicyclic amines) is 1. The fraction of sp³-hybridized carbons (Fsp3) is 1.00. The molecule has 0 radical (unpaired) electrons. The fourth-order valence-corrected chi connectivity index (χ4v) is 2.47. The van der Waals surface area contributed by atoms with Gasteiger partial charge in [0.05, 0.1) is 0 Å². The van der Waals surface area contributed by atoms with Crippen molar-refractivity contribution in [2.45, 2.75) is 59.4 Å². The zero-order valence-corrected chi connectivity index (χ0v) is 9.77. The third-order valence-electron chi connectivity index (χ3n) is 4.09. The summed E-state index contributed by atoms with van der Waals surface area (Å²) in [6.45, 7) is 12.0. The zero-order chi connectivity index (χ0) is 9.90. The smallest absolute Gasteiger partial charge is 0.00385 e. The highest BCUT2D eigenvalue weighted by Gasteiger charge is 2.31. The maximum atomic E-state index is 2.61. The van der Waals surface area contributed by atoms with Gasteiger partial charge in [0.1, 0.15) is 0 Å². The van der Waals surface area contributed by atoms with Crippen molar-refractivity contribution in [3.8, 4) is 0 Å². The quantitative estimate of drug-likeness (QED) is 0.649. The average Bonchev–Trinajstić information content (AvgIpc) is 2.18. The van der Waals surface area contributed by atoms with Crippen molar-refractivity contribution in [2.24, 2.45) is 5.41 Å². The minimum atomic E-state index is 0.686. The molecule has 13 heavy (non-hydrogen) atoms. The molecule has 0 N–H and O–H groups in total. The van der Waals surface area contributed by atoms with Crippen LogP contribution < -0.4 is 0 Å². The lowest BCUT2D eigenvalue weighted by molar-refractivity contribution is 0.0762. The molecule has 1 rings (SSSR count). The average molecular weight is 183 g/mol. The van der Waals surface area contributed by atoms with Gasteiger partial charge in [0, 0.05) is 6.04 Å². The first-order valence-corrected chi connectivity index (χ1v) is 5.87. The van der Waals surface area contributed by atoms with Crippen LogP contribution in [0.4, 0.5) is 0 Å². The number of piperidine rings is 1. The molecule has 78 valence electrons. The Morgan fingerprint density at radius 1 is 1.08 bits per heavy atom. The van der Waals surface area contributed by atoms with Gasteiger partial charge in [-0.15, -0.1) is 0 Å². The van der Waals surface area contributed by atoms with E-state index in [4.69, 9.17) is 0 Å². The fourth-order valence-electron chi connectivity index (χ4n) is 2.47. The third kappa shape index (κ3) is 2.46. The highest BCUT2D eigenvalue weighted by atomic mass is 15.1. The van der Waals surface area contributed by atoms with Crippen LogP contribution in [-0.2, 0) is 0 Å². The topological polar surface area (TPSA) is 3.24 Å². The minimum Gasteiger partial charge on any atom is -0.301 e. The van der Waals surface area contributed by atoms with Crippen molar-refractivity contribution >= 4 is 0 Å². The van der Waals surface area contributed by atoms with Crippen molar-refractivity contribution in [3.05, 3.63) is 0 Å². The van der Waals surface area contributed by atoms with E-state index in [9.17, 15) is 0 Å². The van der Waals surface area contributed by atoms with Gasteiger partial charge in [-0.1, -0.05) is 26.7 Å². The first kappa shape index (κ1) is 11.0. The molecule has 1 aliphatic heterocycles. The van der Waals surface area contributed by atoms with Gasteiger partial charge < -0.3 is 4.90 Å². The second kappa shape index (κ2) is 4.45. The number of rotatable bonds is 3. The van der Waals surface area contributed by atoms with Crippen molar-refractivity contribution in [1.82, 2.24) is 4.90 Å². The van der Waals surface area contributed by atoms with Gasteiger partial charge in [-0.3, -0.25) is 0 Å². The number of hydrogen-bond donors (Lipinski definition) is 0. The molecule has 0 aromatic heterocycles. The normalized spacial score (nSPS) is 23.8. The lowest BCUT2D eigenvalue weighted by Gasteiger charge is -2.42. The van der Waals surface area contributed by atoms with Crippen LogP contribution >= 0.6 is 0 Å². The molecule has 1 heterocycles. The number of nitrogens with zero attached hydrogens (tertiary/aromatic N) is 1. The highest BCUT2D eigenvalue weighted by Crippen LogP contribution is 2.38. The van der Waals surface area contributed by atoms with E-state index in [-0.39, 0.29) is 0 Å². The summed E-state index contributed by atoms with van der Waals surface area (Å²) in [6, 6.07) is 0.742. The van der Waals surface area contributed by atoms with Crippen LogP contribution in [0.25, 0.3) is 0 Å². The molecule has 0 amide bonds. The monoisotopic (exact) mass is 183 g/mol. The van der Waals surface area contributed by atoms with E-state index in [1.54, 1.807) is 0 Å². The van der Waals surface area contributed by atoms with E-state index in [1.807, 2.05) is 0 Å². The van der Waals surface area contributed by atoms with E-state index < -0.39 is 0 Å². The summed E-state index contributed by atoms with van der Waals surface area (Å²) >= 11 is 0. The van der Waals surface area contributed by atoms with Crippen LogP contribution in [0.5, 0.6) is 0 Å². The molecule has 0 bridgehead atoms. The van der Waals surface area contributed by atoms with Crippen LogP contribution in [0.15, 0.2) is 0 Å². The summed E-state index contributed by atoms with van der Waals surface area (Å²) in [7, 11) is 0. The van der Waals surface area contributed by atoms with Crippen molar-refractivity contribution in [2.75, 3.05) is 13.1 Å². The van der Waals surface area contributed by atoms with Crippen LogP contribution in [-0.4, -0.2) is 24.0 Å². The Morgan fingerprint density at radius 3 is 1.85 bits per heavy atom. The Bertz CT molecular complexity index is 137. The van der Waals surface area contributed by atoms with E-state index >= 15 is 0 Å². The molecule has 0 unspecified atom stereocenters. The predicted molar refractivity (Wildman–Crippen MR) is 59.0 cm³/mol. The van der Waals surface area contributed by atoms with Crippen LogP contribution in [0.1, 0.15) is 53.4 Å². The molecule has 1 aliphatic rings. The molecule has 0 spiro atoms. The molecule has 1 fully saturated rings. The van der Waals surface area contributed by atoms with Crippen LogP contribution in [0, 0.1) is 5.41 Å². The zero-order valence-electron chi connectivity index (χ0n) is 9.77. The predicted octanol–water partition coefficient (Wildman–Crippen LogP) is 3.30. The molecule has 0 aliphatic carbocycles. The molecule has 1 heteroatoms. The van der Waals surface area contributed by atoms with E-state index in [2.05, 4.69) is 32.6 Å². The van der Waals surface area contributed by atoms with Gasteiger partial charge in [-0.05, 0) is 45.2 Å². The molecular formula is C12H25N. The first-order valence-electron chi connectivity index (χ1n) is 5.87. The van der Waals surface area contributed by atoms with E-state index in [0.717, 1.165) is 6.04 Å². The summed E-state index contributed by atoms with van der Waals surface area (Å²) in [5, 5.41) is 0. The molecule has 1 saturated heterocycles. The minimum absolute atomic E-state index is 0.686. The summed E-state index contributed by atoms with van der Waals surface area (Å²) in [6.07, 6.45) is 5.57. The lowest BCUT2D eigenvalue weighted by atomic mass is 9.74. The Kier molecular flexibility index (Phi) is 3.78. The summed E-state index contributed by atoms with van der Waals surface area (Å²) in [5.41, 5.74) is 0.686. The highest BCUT2D eigenvalue weighted by molar-refractivity contribution is 4.84. The van der Waals surface area contributed by atoms with E-state index in [0.29, 0.717) is 5.41 Å². The van der Waals surface area contributed by atoms with Crippen molar-refractivity contribution in [3.63, 3.8) is 0 Å². The largest absolute Gasteiger partial charge is 0.301 e. The summed E-state index contributed by atoms with van der Waals surface area (Å²) in [5.74, 6) is 0. The Labute approximate surface area is 83.5 Å². The van der Waals surface area contributed by atoms with Gasteiger partial charge in [0.25, 0.3) is 0 Å². The van der Waals surface area contributed by atoms with Crippen LogP contribution in [0.3, 0.4) is 0 Å². The van der Waals surface area contributed by atoms with Crippen molar-refractivity contribution in [1.29, 1.82) is 0 Å². The standard InChI is InChI=1S/C12H25N/c1-5-12(6-2)7-9-13(10-8-12)11(3)4/h11H,5-10H2,1-4H3. The molecule has 0 aromatic carbocycles. The van der Waals surface area contributed by atoms with Crippen LogP contribution in [0.2, 0.25) is 0 Å². The van der Waals surface area contributed by atoms with Gasteiger partial charge >= 0.3 is 0 Å². The maximum absolute atomic E-state index is 2.61. The van der Waals surface area contributed by atoms with Gasteiger partial charge in [0.15, 0.2) is 0 Å². The van der Waals surface area contributed by atoms with Gasteiger partial charge in [-0.25, -0.2) is 0 Å². The van der Waals surface area contributed by atoms with Crippen molar-refractivity contribution < 1.29 is 0 Å². The van der Waals surface area contributed by atoms with Gasteiger partial charge in [-0.2, -0.15) is 0 Å². The molecule has 0 saturated carbocycles. The van der Waals surface area contributed by atoms with E-state index in [1.165, 1.54) is 38.8 Å². The summed E-state index contributed by atoms with van der Waals surface area (Å²) in [4.78, 5) is 2.61. The van der Waals surface area contributed by atoms with Gasteiger partial charge in [0.2, 0.25) is 0 Å². The second-order valence-electron chi connectivity index (χ2n) is 4.84. The molecule has 0 atom stereocenters. The molecule has 1 nitrogen and oxygen atoms in total. The Hall–Kier alpha value is -0.0400.